The second-order valence-electron chi connectivity index (χ2n) is 7.97. The summed E-state index contributed by atoms with van der Waals surface area (Å²) < 4.78 is 0. The quantitative estimate of drug-likeness (QED) is 0.890. The molecule has 2 amide bonds. The standard InChI is InChI=1S/C21H24N6O/c1-26(2)21(16-6-4-3-5-7-16)10-8-20(9-11-21)15-27(19(28)25-20)17-13-23-18(12-22)24-14-17/h3-7,13-14H,8-11,15H2,1-2H3,(H,25,28). The van der Waals surface area contributed by atoms with Gasteiger partial charge in [0, 0.05) is 5.54 Å². The van der Waals surface area contributed by atoms with Crippen molar-refractivity contribution in [2.75, 3.05) is 25.5 Å². The van der Waals surface area contributed by atoms with Gasteiger partial charge in [0.15, 0.2) is 0 Å². The zero-order chi connectivity index (χ0) is 19.8. The molecule has 0 unspecified atom stereocenters. The van der Waals surface area contributed by atoms with Crippen LogP contribution in [0.25, 0.3) is 0 Å². The highest BCUT2D eigenvalue weighted by Crippen LogP contribution is 2.46. The minimum Gasteiger partial charge on any atom is -0.330 e. The lowest BCUT2D eigenvalue weighted by Gasteiger charge is -2.48. The molecule has 1 aliphatic carbocycles. The van der Waals surface area contributed by atoms with Crippen LogP contribution in [-0.2, 0) is 5.54 Å². The summed E-state index contributed by atoms with van der Waals surface area (Å²) in [6.45, 7) is 0.597. The lowest BCUT2D eigenvalue weighted by Crippen LogP contribution is -2.54. The number of nitriles is 1. The number of benzene rings is 1. The van der Waals surface area contributed by atoms with Gasteiger partial charge in [-0.15, -0.1) is 0 Å². The fourth-order valence-electron chi connectivity index (χ4n) is 4.60. The van der Waals surface area contributed by atoms with Crippen LogP contribution in [0.5, 0.6) is 0 Å². The molecule has 0 atom stereocenters. The third-order valence-electron chi connectivity index (χ3n) is 6.33. The summed E-state index contributed by atoms with van der Waals surface area (Å²) in [5.74, 6) is 0.106. The van der Waals surface area contributed by atoms with E-state index in [2.05, 4.69) is 58.5 Å². The van der Waals surface area contributed by atoms with Gasteiger partial charge >= 0.3 is 6.03 Å². The average molecular weight is 376 g/mol. The van der Waals surface area contributed by atoms with Crippen molar-refractivity contribution in [3.8, 4) is 6.07 Å². The van der Waals surface area contributed by atoms with Crippen LogP contribution in [0.2, 0.25) is 0 Å². The summed E-state index contributed by atoms with van der Waals surface area (Å²) in [6, 6.07) is 12.4. The minimum atomic E-state index is -0.237. The largest absolute Gasteiger partial charge is 0.330 e. The van der Waals surface area contributed by atoms with Crippen LogP contribution in [0.3, 0.4) is 0 Å². The fraction of sp³-hybridized carbons (Fsp3) is 0.429. The summed E-state index contributed by atoms with van der Waals surface area (Å²) in [4.78, 5) is 24.6. The van der Waals surface area contributed by atoms with Crippen molar-refractivity contribution in [3.63, 3.8) is 0 Å². The molecule has 144 valence electrons. The zero-order valence-electron chi connectivity index (χ0n) is 16.2. The maximum atomic E-state index is 12.7. The van der Waals surface area contributed by atoms with Gasteiger partial charge in [0.05, 0.1) is 30.2 Å². The van der Waals surface area contributed by atoms with E-state index in [1.54, 1.807) is 17.3 Å². The van der Waals surface area contributed by atoms with Gasteiger partial charge in [-0.05, 0) is 45.3 Å². The summed E-state index contributed by atoms with van der Waals surface area (Å²) >= 11 is 0. The molecule has 1 saturated carbocycles. The number of anilines is 1. The van der Waals surface area contributed by atoms with E-state index in [4.69, 9.17) is 5.26 Å². The number of carbonyl (C=O) groups excluding carboxylic acids is 1. The Bertz CT molecular complexity index is 895. The molecule has 0 radical (unpaired) electrons. The average Bonchev–Trinajstić information content (AvgIpc) is 3.05. The number of rotatable bonds is 3. The monoisotopic (exact) mass is 376 g/mol. The van der Waals surface area contributed by atoms with Crippen molar-refractivity contribution in [2.45, 2.75) is 36.8 Å². The number of amides is 2. The highest BCUT2D eigenvalue weighted by Gasteiger charge is 2.50. The molecule has 1 aromatic carbocycles. The highest BCUT2D eigenvalue weighted by molar-refractivity contribution is 5.95. The van der Waals surface area contributed by atoms with Crippen LogP contribution >= 0.6 is 0 Å². The van der Waals surface area contributed by atoms with E-state index in [1.165, 1.54) is 5.56 Å². The Morgan fingerprint density at radius 3 is 2.32 bits per heavy atom. The molecule has 2 heterocycles. The molecule has 2 fully saturated rings. The van der Waals surface area contributed by atoms with E-state index < -0.39 is 0 Å². The van der Waals surface area contributed by atoms with Crippen molar-refractivity contribution in [2.24, 2.45) is 0 Å². The molecule has 28 heavy (non-hydrogen) atoms. The molecule has 1 aliphatic heterocycles. The molecule has 1 spiro atoms. The molecule has 0 bridgehead atoms. The summed E-state index contributed by atoms with van der Waals surface area (Å²) in [6.07, 6.45) is 6.84. The molecule has 1 aromatic heterocycles. The van der Waals surface area contributed by atoms with E-state index in [1.807, 2.05) is 12.1 Å². The lowest BCUT2D eigenvalue weighted by molar-refractivity contribution is 0.0658. The SMILES string of the molecule is CN(C)C1(c2ccccc2)CCC2(CC1)CN(c1cnc(C#N)nc1)C(=O)N2. The molecule has 1 N–H and O–H groups in total. The Morgan fingerprint density at radius 1 is 1.11 bits per heavy atom. The van der Waals surface area contributed by atoms with E-state index in [0.29, 0.717) is 12.2 Å². The smallest absolute Gasteiger partial charge is 0.322 e. The number of carbonyl (C=O) groups is 1. The van der Waals surface area contributed by atoms with Gasteiger partial charge in [-0.25, -0.2) is 14.8 Å². The molecular formula is C21H24N6O. The Labute approximate surface area is 165 Å². The van der Waals surface area contributed by atoms with Crippen LogP contribution in [0.4, 0.5) is 10.5 Å². The van der Waals surface area contributed by atoms with E-state index >= 15 is 0 Å². The number of hydrogen-bond acceptors (Lipinski definition) is 5. The summed E-state index contributed by atoms with van der Waals surface area (Å²) in [5, 5.41) is 12.1. The van der Waals surface area contributed by atoms with Crippen molar-refractivity contribution in [1.82, 2.24) is 20.2 Å². The molecule has 7 nitrogen and oxygen atoms in total. The van der Waals surface area contributed by atoms with Gasteiger partial charge in [0.25, 0.3) is 0 Å². The number of hydrogen-bond donors (Lipinski definition) is 1. The first-order chi connectivity index (χ1) is 13.5. The molecule has 2 aliphatic rings. The van der Waals surface area contributed by atoms with Crippen LogP contribution < -0.4 is 10.2 Å². The first-order valence-electron chi connectivity index (χ1n) is 9.53. The first kappa shape index (κ1) is 18.4. The predicted molar refractivity (Wildman–Crippen MR) is 106 cm³/mol. The van der Waals surface area contributed by atoms with Crippen molar-refractivity contribution in [3.05, 3.63) is 54.1 Å². The second-order valence-corrected chi connectivity index (χ2v) is 7.97. The van der Waals surface area contributed by atoms with Crippen LogP contribution in [0, 0.1) is 11.3 Å². The van der Waals surface area contributed by atoms with Gasteiger partial charge in [-0.3, -0.25) is 9.80 Å². The Balaban J connectivity index is 1.54. The first-order valence-corrected chi connectivity index (χ1v) is 9.53. The fourth-order valence-corrected chi connectivity index (χ4v) is 4.60. The predicted octanol–water partition coefficient (Wildman–Crippen LogP) is 2.65. The summed E-state index contributed by atoms with van der Waals surface area (Å²) in [7, 11) is 4.28. The number of nitrogens with one attached hydrogen (secondary N) is 1. The Kier molecular flexibility index (Phi) is 4.52. The van der Waals surface area contributed by atoms with Crippen molar-refractivity contribution in [1.29, 1.82) is 5.26 Å². The van der Waals surface area contributed by atoms with Crippen molar-refractivity contribution >= 4 is 11.7 Å². The zero-order valence-corrected chi connectivity index (χ0v) is 16.2. The third kappa shape index (κ3) is 3.00. The van der Waals surface area contributed by atoms with Crippen LogP contribution in [0.15, 0.2) is 42.7 Å². The topological polar surface area (TPSA) is 85.2 Å². The van der Waals surface area contributed by atoms with Gasteiger partial charge in [-0.2, -0.15) is 5.26 Å². The van der Waals surface area contributed by atoms with Crippen LogP contribution in [-0.4, -0.2) is 47.1 Å². The summed E-state index contributed by atoms with van der Waals surface area (Å²) in [5.41, 5.74) is 1.71. The molecule has 2 aromatic rings. The molecule has 7 heteroatoms. The molecule has 4 rings (SSSR count). The van der Waals surface area contributed by atoms with E-state index in [-0.39, 0.29) is 22.9 Å². The number of nitrogens with zero attached hydrogens (tertiary/aromatic N) is 5. The second kappa shape index (κ2) is 6.88. The van der Waals surface area contributed by atoms with Crippen molar-refractivity contribution < 1.29 is 4.79 Å². The van der Waals surface area contributed by atoms with Crippen LogP contribution in [0.1, 0.15) is 37.1 Å². The molecular weight excluding hydrogens is 352 g/mol. The van der Waals surface area contributed by atoms with Gasteiger partial charge in [0.2, 0.25) is 5.82 Å². The highest BCUT2D eigenvalue weighted by atomic mass is 16.2. The number of aromatic nitrogens is 2. The number of urea groups is 1. The normalized spacial score (nSPS) is 27.1. The van der Waals surface area contributed by atoms with Gasteiger partial charge in [-0.1, -0.05) is 30.3 Å². The lowest BCUT2D eigenvalue weighted by atomic mass is 9.69. The molecule has 1 saturated heterocycles. The van der Waals surface area contributed by atoms with E-state index in [0.717, 1.165) is 25.7 Å². The van der Waals surface area contributed by atoms with Gasteiger partial charge in [0.1, 0.15) is 6.07 Å². The Morgan fingerprint density at radius 2 is 1.75 bits per heavy atom. The van der Waals surface area contributed by atoms with Gasteiger partial charge < -0.3 is 5.32 Å². The minimum absolute atomic E-state index is 0.0117. The third-order valence-corrected chi connectivity index (χ3v) is 6.33. The maximum absolute atomic E-state index is 12.7. The van der Waals surface area contributed by atoms with E-state index in [9.17, 15) is 4.79 Å². The Hall–Kier alpha value is -2.98. The maximum Gasteiger partial charge on any atom is 0.322 e.